The van der Waals surface area contributed by atoms with E-state index in [1.54, 1.807) is 0 Å². The second kappa shape index (κ2) is 4.51. The highest BCUT2D eigenvalue weighted by atomic mass is 16.2. The fourth-order valence-electron chi connectivity index (χ4n) is 5.26. The number of hydrogen-bond donors (Lipinski definition) is 0. The minimum absolute atomic E-state index is 0.00125. The number of nitriles is 1. The first-order valence-corrected chi connectivity index (χ1v) is 7.72. The van der Waals surface area contributed by atoms with Gasteiger partial charge in [-0.05, 0) is 56.3 Å². The van der Waals surface area contributed by atoms with E-state index in [4.69, 9.17) is 5.26 Å². The number of nitrogens with zero attached hydrogens (tertiary/aromatic N) is 2. The average molecular weight is 260 g/mol. The number of carbonyl (C=O) groups is 1. The molecule has 4 rings (SSSR count). The van der Waals surface area contributed by atoms with Crippen LogP contribution in [0.3, 0.4) is 0 Å². The van der Waals surface area contributed by atoms with Crippen molar-refractivity contribution in [1.29, 1.82) is 5.26 Å². The molecule has 0 heterocycles. The normalized spacial score (nSPS) is 39.4. The summed E-state index contributed by atoms with van der Waals surface area (Å²) in [6.07, 6.45) is 7.57. The van der Waals surface area contributed by atoms with Gasteiger partial charge in [0, 0.05) is 11.5 Å². The summed E-state index contributed by atoms with van der Waals surface area (Å²) in [5.41, 5.74) is 0.0336. The highest BCUT2D eigenvalue weighted by molar-refractivity contribution is 5.79. The lowest BCUT2D eigenvalue weighted by molar-refractivity contribution is -0.152. The Kier molecular flexibility index (Phi) is 3.08. The summed E-state index contributed by atoms with van der Waals surface area (Å²) in [7, 11) is 0. The van der Waals surface area contributed by atoms with Gasteiger partial charge in [0.15, 0.2) is 0 Å². The maximum Gasteiger partial charge on any atom is 0.226 e. The number of amides is 1. The Morgan fingerprint density at radius 3 is 2.05 bits per heavy atom. The zero-order chi connectivity index (χ0) is 13.6. The van der Waals surface area contributed by atoms with Gasteiger partial charge in [-0.25, -0.2) is 0 Å². The van der Waals surface area contributed by atoms with E-state index in [1.807, 2.05) is 18.7 Å². The Bertz CT molecular complexity index is 386. The van der Waals surface area contributed by atoms with Gasteiger partial charge in [-0.3, -0.25) is 4.79 Å². The van der Waals surface area contributed by atoms with E-state index in [0.29, 0.717) is 0 Å². The van der Waals surface area contributed by atoms with E-state index in [9.17, 15) is 4.79 Å². The van der Waals surface area contributed by atoms with Crippen LogP contribution < -0.4 is 0 Å². The standard InChI is InChI=1S/C16H24N2O/c1-11(2)15(19)18(4-3-17)16-8-12-5-13(9-16)7-14(6-12)10-16/h11-14H,4-10H2,1-2H3. The molecule has 1 amide bonds. The van der Waals surface area contributed by atoms with Crippen molar-refractivity contribution in [2.24, 2.45) is 23.7 Å². The molecular weight excluding hydrogens is 236 g/mol. The fourth-order valence-corrected chi connectivity index (χ4v) is 5.26. The lowest BCUT2D eigenvalue weighted by atomic mass is 9.52. The Morgan fingerprint density at radius 2 is 1.68 bits per heavy atom. The Labute approximate surface area is 116 Å². The van der Waals surface area contributed by atoms with Crippen molar-refractivity contribution >= 4 is 5.91 Å². The largest absolute Gasteiger partial charge is 0.323 e. The molecule has 4 saturated carbocycles. The quantitative estimate of drug-likeness (QED) is 0.732. The Hall–Kier alpha value is -1.04. The van der Waals surface area contributed by atoms with Crippen LogP contribution >= 0.6 is 0 Å². The van der Waals surface area contributed by atoms with E-state index in [0.717, 1.165) is 37.0 Å². The van der Waals surface area contributed by atoms with Gasteiger partial charge in [-0.1, -0.05) is 13.8 Å². The van der Waals surface area contributed by atoms with Gasteiger partial charge in [0.05, 0.1) is 6.07 Å². The summed E-state index contributed by atoms with van der Waals surface area (Å²) >= 11 is 0. The van der Waals surface area contributed by atoms with Gasteiger partial charge in [0.25, 0.3) is 0 Å². The summed E-state index contributed by atoms with van der Waals surface area (Å²) in [6, 6.07) is 2.23. The van der Waals surface area contributed by atoms with Crippen LogP contribution in [-0.4, -0.2) is 22.9 Å². The van der Waals surface area contributed by atoms with E-state index in [2.05, 4.69) is 6.07 Å². The lowest BCUT2D eigenvalue weighted by Crippen LogP contribution is -2.62. The predicted octanol–water partition coefficient (Wildman–Crippen LogP) is 2.96. The van der Waals surface area contributed by atoms with Crippen molar-refractivity contribution in [1.82, 2.24) is 4.90 Å². The molecule has 104 valence electrons. The minimum atomic E-state index is 0.00125. The van der Waals surface area contributed by atoms with Crippen LogP contribution in [0.1, 0.15) is 52.4 Å². The van der Waals surface area contributed by atoms with Crippen molar-refractivity contribution in [3.05, 3.63) is 0 Å². The maximum atomic E-state index is 12.5. The molecule has 4 bridgehead atoms. The Morgan fingerprint density at radius 1 is 1.21 bits per heavy atom. The molecule has 0 aromatic carbocycles. The molecule has 0 aromatic rings. The fraction of sp³-hybridized carbons (Fsp3) is 0.875. The summed E-state index contributed by atoms with van der Waals surface area (Å²) in [5.74, 6) is 2.62. The second-order valence-electron chi connectivity index (χ2n) is 7.38. The van der Waals surface area contributed by atoms with Gasteiger partial charge >= 0.3 is 0 Å². The van der Waals surface area contributed by atoms with Crippen molar-refractivity contribution in [3.8, 4) is 6.07 Å². The molecule has 0 atom stereocenters. The Balaban J connectivity index is 1.89. The highest BCUT2D eigenvalue weighted by Gasteiger charge is 2.54. The molecule has 19 heavy (non-hydrogen) atoms. The molecule has 0 aromatic heterocycles. The van der Waals surface area contributed by atoms with E-state index in [1.165, 1.54) is 19.3 Å². The third kappa shape index (κ3) is 2.06. The van der Waals surface area contributed by atoms with Gasteiger partial charge in [-0.2, -0.15) is 5.26 Å². The van der Waals surface area contributed by atoms with Crippen molar-refractivity contribution in [3.63, 3.8) is 0 Å². The van der Waals surface area contributed by atoms with Gasteiger partial charge in [0.2, 0.25) is 5.91 Å². The molecule has 4 aliphatic carbocycles. The molecule has 3 nitrogen and oxygen atoms in total. The third-order valence-electron chi connectivity index (χ3n) is 5.57. The van der Waals surface area contributed by atoms with Gasteiger partial charge < -0.3 is 4.90 Å². The van der Waals surface area contributed by atoms with Crippen molar-refractivity contribution < 1.29 is 4.79 Å². The lowest BCUT2D eigenvalue weighted by Gasteiger charge is -2.60. The SMILES string of the molecule is CC(C)C(=O)N(CC#N)C12CC3CC(CC(C3)C1)C2. The van der Waals surface area contributed by atoms with Crippen molar-refractivity contribution in [2.45, 2.75) is 57.9 Å². The van der Waals surface area contributed by atoms with Gasteiger partial charge in [0.1, 0.15) is 6.54 Å². The summed E-state index contributed by atoms with van der Waals surface area (Å²) in [4.78, 5) is 14.5. The molecule has 0 unspecified atom stereocenters. The first kappa shape index (κ1) is 13.0. The van der Waals surface area contributed by atoms with Crippen LogP contribution in [-0.2, 0) is 4.79 Å². The predicted molar refractivity (Wildman–Crippen MR) is 73.1 cm³/mol. The van der Waals surface area contributed by atoms with Crippen LogP contribution in [0.4, 0.5) is 0 Å². The summed E-state index contributed by atoms with van der Waals surface area (Å²) in [5, 5.41) is 9.13. The summed E-state index contributed by atoms with van der Waals surface area (Å²) < 4.78 is 0. The molecule has 4 aliphatic rings. The van der Waals surface area contributed by atoms with Crippen LogP contribution in [0.5, 0.6) is 0 Å². The van der Waals surface area contributed by atoms with Crippen LogP contribution in [0.25, 0.3) is 0 Å². The number of rotatable bonds is 3. The topological polar surface area (TPSA) is 44.1 Å². The zero-order valence-electron chi connectivity index (χ0n) is 12.1. The smallest absolute Gasteiger partial charge is 0.226 e. The maximum absolute atomic E-state index is 12.5. The van der Waals surface area contributed by atoms with E-state index >= 15 is 0 Å². The first-order chi connectivity index (χ1) is 9.04. The molecule has 0 saturated heterocycles. The molecule has 0 N–H and O–H groups in total. The first-order valence-electron chi connectivity index (χ1n) is 7.72. The van der Waals surface area contributed by atoms with E-state index < -0.39 is 0 Å². The zero-order valence-corrected chi connectivity index (χ0v) is 12.1. The third-order valence-corrected chi connectivity index (χ3v) is 5.57. The molecule has 0 radical (unpaired) electrons. The van der Waals surface area contributed by atoms with Crippen molar-refractivity contribution in [2.75, 3.05) is 6.54 Å². The van der Waals surface area contributed by atoms with Crippen LogP contribution in [0.2, 0.25) is 0 Å². The highest BCUT2D eigenvalue weighted by Crippen LogP contribution is 2.57. The van der Waals surface area contributed by atoms with Gasteiger partial charge in [-0.15, -0.1) is 0 Å². The molecular formula is C16H24N2O. The average Bonchev–Trinajstić information content (AvgIpc) is 2.33. The van der Waals surface area contributed by atoms with Crippen LogP contribution in [0.15, 0.2) is 0 Å². The molecule has 3 heteroatoms. The molecule has 4 fully saturated rings. The summed E-state index contributed by atoms with van der Waals surface area (Å²) in [6.45, 7) is 4.18. The van der Waals surface area contributed by atoms with Crippen LogP contribution in [0, 0.1) is 35.0 Å². The minimum Gasteiger partial charge on any atom is -0.323 e. The molecule has 0 aliphatic heterocycles. The second-order valence-corrected chi connectivity index (χ2v) is 7.38. The number of hydrogen-bond acceptors (Lipinski definition) is 2. The number of carbonyl (C=O) groups excluding carboxylic acids is 1. The van der Waals surface area contributed by atoms with E-state index in [-0.39, 0.29) is 23.9 Å². The molecule has 0 spiro atoms. The monoisotopic (exact) mass is 260 g/mol.